The van der Waals surface area contributed by atoms with Crippen molar-refractivity contribution >= 4 is 38.0 Å². The van der Waals surface area contributed by atoms with Crippen LogP contribution in [0.25, 0.3) is 10.8 Å². The lowest BCUT2D eigenvalue weighted by molar-refractivity contribution is 1.25. The molecule has 3 aromatic rings. The predicted octanol–water partition coefficient (Wildman–Crippen LogP) is 5.39. The van der Waals surface area contributed by atoms with Crippen LogP contribution in [0.15, 0.2) is 60.0 Å². The fourth-order valence-corrected chi connectivity index (χ4v) is 3.65. The van der Waals surface area contributed by atoms with Crippen molar-refractivity contribution in [3.05, 3.63) is 70.4 Å². The molecule has 0 fully saturated rings. The van der Waals surface area contributed by atoms with E-state index in [9.17, 15) is 0 Å². The minimum absolute atomic E-state index is 0.286. The topological polar surface area (TPSA) is 0 Å². The maximum Gasteiger partial charge on any atom is 0.0744 e. The van der Waals surface area contributed by atoms with Crippen LogP contribution in [0.3, 0.4) is 0 Å². The van der Waals surface area contributed by atoms with Crippen molar-refractivity contribution in [3.8, 4) is 0 Å². The van der Waals surface area contributed by atoms with Crippen LogP contribution >= 0.6 is 27.3 Å². The molecule has 0 aliphatic rings. The van der Waals surface area contributed by atoms with Crippen LogP contribution in [0.4, 0.5) is 0 Å². The SMILES string of the molecule is BrC(c1cccs1)c1cccc2ccccc12. The maximum absolute atomic E-state index is 3.80. The summed E-state index contributed by atoms with van der Waals surface area (Å²) < 4.78 is 0. The summed E-state index contributed by atoms with van der Waals surface area (Å²) in [7, 11) is 0. The van der Waals surface area contributed by atoms with Crippen molar-refractivity contribution in [2.45, 2.75) is 4.83 Å². The largest absolute Gasteiger partial charge is 0.147 e. The van der Waals surface area contributed by atoms with E-state index in [0.29, 0.717) is 0 Å². The zero-order valence-corrected chi connectivity index (χ0v) is 11.5. The van der Waals surface area contributed by atoms with E-state index in [0.717, 1.165) is 0 Å². The molecule has 0 radical (unpaired) electrons. The summed E-state index contributed by atoms with van der Waals surface area (Å²) in [4.78, 5) is 1.63. The number of hydrogen-bond acceptors (Lipinski definition) is 1. The average molecular weight is 303 g/mol. The van der Waals surface area contributed by atoms with Gasteiger partial charge in [-0.1, -0.05) is 64.5 Å². The first-order valence-corrected chi connectivity index (χ1v) is 7.31. The molecule has 1 heterocycles. The highest BCUT2D eigenvalue weighted by molar-refractivity contribution is 9.09. The zero-order chi connectivity index (χ0) is 11.7. The minimum Gasteiger partial charge on any atom is -0.147 e. The Balaban J connectivity index is 2.17. The fourth-order valence-electron chi connectivity index (χ4n) is 2.06. The van der Waals surface area contributed by atoms with Gasteiger partial charge in [-0.3, -0.25) is 0 Å². The summed E-state index contributed by atoms with van der Waals surface area (Å²) >= 11 is 5.59. The van der Waals surface area contributed by atoms with Crippen LogP contribution in [-0.4, -0.2) is 0 Å². The Labute approximate surface area is 113 Å². The van der Waals surface area contributed by atoms with Crippen molar-refractivity contribution in [1.29, 1.82) is 0 Å². The third-order valence-corrected chi connectivity index (χ3v) is 5.12. The lowest BCUT2D eigenvalue weighted by atomic mass is 10.0. The molecule has 0 aliphatic heterocycles. The quantitative estimate of drug-likeness (QED) is 0.557. The first-order valence-electron chi connectivity index (χ1n) is 5.51. The average Bonchev–Trinajstić information content (AvgIpc) is 2.91. The Morgan fingerprint density at radius 3 is 2.53 bits per heavy atom. The van der Waals surface area contributed by atoms with Gasteiger partial charge in [-0.05, 0) is 27.8 Å². The van der Waals surface area contributed by atoms with Gasteiger partial charge in [0, 0.05) is 4.88 Å². The Bertz CT molecular complexity index is 623. The molecule has 0 bridgehead atoms. The van der Waals surface area contributed by atoms with Gasteiger partial charge in [-0.25, -0.2) is 0 Å². The molecule has 2 aromatic carbocycles. The second-order valence-corrected chi connectivity index (χ2v) is 5.84. The Hall–Kier alpha value is -1.12. The highest BCUT2D eigenvalue weighted by Gasteiger charge is 2.13. The second kappa shape index (κ2) is 4.63. The highest BCUT2D eigenvalue weighted by atomic mass is 79.9. The molecular weight excluding hydrogens is 292 g/mol. The van der Waals surface area contributed by atoms with E-state index in [1.165, 1.54) is 21.2 Å². The van der Waals surface area contributed by atoms with Crippen molar-refractivity contribution in [2.75, 3.05) is 0 Å². The third-order valence-electron chi connectivity index (χ3n) is 2.89. The standard InChI is InChI=1S/C15H11BrS/c16-15(14-9-4-10-17-14)13-8-3-6-11-5-1-2-7-12(11)13/h1-10,15H. The fraction of sp³-hybridized carbons (Fsp3) is 0.0667. The molecule has 0 nitrogen and oxygen atoms in total. The van der Waals surface area contributed by atoms with Gasteiger partial charge >= 0.3 is 0 Å². The first kappa shape index (κ1) is 11.0. The summed E-state index contributed by atoms with van der Waals surface area (Å²) in [6.45, 7) is 0. The van der Waals surface area contributed by atoms with Gasteiger partial charge in [-0.2, -0.15) is 0 Å². The molecule has 84 valence electrons. The summed E-state index contributed by atoms with van der Waals surface area (Å²) in [6.07, 6.45) is 0. The lowest BCUT2D eigenvalue weighted by Crippen LogP contribution is -1.90. The van der Waals surface area contributed by atoms with E-state index >= 15 is 0 Å². The monoisotopic (exact) mass is 302 g/mol. The molecule has 2 heteroatoms. The van der Waals surface area contributed by atoms with Crippen LogP contribution in [0.2, 0.25) is 0 Å². The number of alkyl halides is 1. The number of rotatable bonds is 2. The summed E-state index contributed by atoms with van der Waals surface area (Å²) in [5, 5.41) is 4.74. The first-order chi connectivity index (χ1) is 8.36. The van der Waals surface area contributed by atoms with Crippen molar-refractivity contribution < 1.29 is 0 Å². The number of thiophene rings is 1. The smallest absolute Gasteiger partial charge is 0.0744 e. The molecule has 0 saturated heterocycles. The molecule has 0 saturated carbocycles. The molecule has 17 heavy (non-hydrogen) atoms. The molecule has 0 amide bonds. The third kappa shape index (κ3) is 2.03. The van der Waals surface area contributed by atoms with Crippen molar-refractivity contribution in [2.24, 2.45) is 0 Å². The summed E-state index contributed by atoms with van der Waals surface area (Å²) in [5.41, 5.74) is 1.34. The van der Waals surface area contributed by atoms with Crippen LogP contribution in [-0.2, 0) is 0 Å². The molecule has 0 aliphatic carbocycles. The number of fused-ring (bicyclic) bond motifs is 1. The summed E-state index contributed by atoms with van der Waals surface area (Å²) in [5.74, 6) is 0. The molecule has 3 rings (SSSR count). The molecule has 1 atom stereocenters. The zero-order valence-electron chi connectivity index (χ0n) is 9.14. The van der Waals surface area contributed by atoms with Crippen molar-refractivity contribution in [3.63, 3.8) is 0 Å². The molecule has 1 aromatic heterocycles. The normalized spacial score (nSPS) is 12.8. The predicted molar refractivity (Wildman–Crippen MR) is 79.0 cm³/mol. The second-order valence-electron chi connectivity index (χ2n) is 3.95. The Kier molecular flexibility index (Phi) is 3.00. The van der Waals surface area contributed by atoms with Gasteiger partial charge in [0.05, 0.1) is 4.83 Å². The minimum atomic E-state index is 0.286. The van der Waals surface area contributed by atoms with Gasteiger partial charge in [-0.15, -0.1) is 11.3 Å². The van der Waals surface area contributed by atoms with E-state index in [1.54, 1.807) is 11.3 Å². The van der Waals surface area contributed by atoms with Gasteiger partial charge < -0.3 is 0 Å². The Morgan fingerprint density at radius 2 is 1.71 bits per heavy atom. The van der Waals surface area contributed by atoms with Crippen molar-refractivity contribution in [1.82, 2.24) is 0 Å². The van der Waals surface area contributed by atoms with Crippen LogP contribution in [0, 0.1) is 0 Å². The van der Waals surface area contributed by atoms with Gasteiger partial charge in [0.15, 0.2) is 0 Å². The van der Waals surface area contributed by atoms with Gasteiger partial charge in [0.25, 0.3) is 0 Å². The van der Waals surface area contributed by atoms with E-state index in [4.69, 9.17) is 0 Å². The molecule has 0 spiro atoms. The molecular formula is C15H11BrS. The van der Waals surface area contributed by atoms with Gasteiger partial charge in [0.2, 0.25) is 0 Å². The summed E-state index contributed by atoms with van der Waals surface area (Å²) in [6, 6.07) is 19.3. The van der Waals surface area contributed by atoms with Crippen LogP contribution < -0.4 is 0 Å². The van der Waals surface area contributed by atoms with E-state index in [-0.39, 0.29) is 4.83 Å². The van der Waals surface area contributed by atoms with Crippen LogP contribution in [0.1, 0.15) is 15.3 Å². The van der Waals surface area contributed by atoms with Crippen LogP contribution in [0.5, 0.6) is 0 Å². The maximum atomic E-state index is 3.80. The van der Waals surface area contributed by atoms with Gasteiger partial charge in [0.1, 0.15) is 0 Å². The van der Waals surface area contributed by atoms with E-state index in [1.807, 2.05) is 0 Å². The van der Waals surface area contributed by atoms with E-state index < -0.39 is 0 Å². The van der Waals surface area contributed by atoms with E-state index in [2.05, 4.69) is 75.9 Å². The number of hydrogen-bond donors (Lipinski definition) is 0. The highest BCUT2D eigenvalue weighted by Crippen LogP contribution is 2.37. The number of benzene rings is 2. The number of halogens is 1. The Morgan fingerprint density at radius 1 is 0.882 bits per heavy atom. The molecule has 1 unspecified atom stereocenters. The lowest BCUT2D eigenvalue weighted by Gasteiger charge is -2.11. The molecule has 0 N–H and O–H groups in total.